The van der Waals surface area contributed by atoms with E-state index in [0.717, 1.165) is 0 Å². The largest absolute Gasteiger partial charge is 0.468 e. The lowest BCUT2D eigenvalue weighted by Crippen LogP contribution is -2.22. The van der Waals surface area contributed by atoms with Crippen LogP contribution >= 0.6 is 0 Å². The second kappa shape index (κ2) is 8.68. The Morgan fingerprint density at radius 3 is 2.68 bits per heavy atom. The van der Waals surface area contributed by atoms with Gasteiger partial charge in [0.1, 0.15) is 23.8 Å². The molecule has 2 aromatic heterocycles. The van der Waals surface area contributed by atoms with Crippen molar-refractivity contribution in [3.05, 3.63) is 77.6 Å². The molecule has 3 aromatic rings. The Bertz CT molecular complexity index is 1050. The molecule has 2 heterocycles. The Balaban J connectivity index is 1.54. The maximum Gasteiger partial charge on any atom is 0.331 e. The van der Waals surface area contributed by atoms with Gasteiger partial charge in [-0.2, -0.15) is 0 Å². The fraction of sp³-hybridized carbons (Fsp3) is 0.158. The number of carbonyl (C=O) groups excluding carboxylic acids is 1. The van der Waals surface area contributed by atoms with Gasteiger partial charge in [0.05, 0.1) is 17.7 Å². The first-order valence-corrected chi connectivity index (χ1v) is 9.80. The number of furan rings is 1. The van der Waals surface area contributed by atoms with Gasteiger partial charge >= 0.3 is 5.97 Å². The second-order valence-corrected chi connectivity index (χ2v) is 7.61. The third-order valence-corrected chi connectivity index (χ3v) is 5.08. The van der Waals surface area contributed by atoms with Crippen molar-refractivity contribution in [1.29, 1.82) is 0 Å². The van der Waals surface area contributed by atoms with E-state index in [0.29, 0.717) is 22.8 Å². The van der Waals surface area contributed by atoms with Gasteiger partial charge in [-0.25, -0.2) is 17.9 Å². The molecule has 0 aliphatic carbocycles. The molecule has 0 bridgehead atoms. The zero-order chi connectivity index (χ0) is 20.0. The van der Waals surface area contributed by atoms with E-state index < -0.39 is 16.0 Å². The molecule has 0 amide bonds. The molecule has 146 valence electrons. The number of carbonyl (C=O) groups is 1. The number of rotatable bonds is 8. The first-order chi connectivity index (χ1) is 13.4. The normalized spacial score (nSPS) is 11.8. The zero-order valence-corrected chi connectivity index (χ0v) is 15.8. The minimum absolute atomic E-state index is 0.0129. The van der Waals surface area contributed by atoms with Gasteiger partial charge in [0.25, 0.3) is 0 Å². The fourth-order valence-electron chi connectivity index (χ4n) is 2.26. The number of hydrogen-bond acceptors (Lipinski definition) is 7. The molecular weight excluding hydrogens is 384 g/mol. The van der Waals surface area contributed by atoms with Crippen LogP contribution in [0.3, 0.4) is 0 Å². The predicted molar refractivity (Wildman–Crippen MR) is 99.2 cm³/mol. The molecule has 0 aliphatic heterocycles. The van der Waals surface area contributed by atoms with Crippen molar-refractivity contribution in [3.8, 4) is 0 Å². The summed E-state index contributed by atoms with van der Waals surface area (Å²) in [4.78, 5) is 11.8. The van der Waals surface area contributed by atoms with Crippen molar-refractivity contribution in [2.24, 2.45) is 0 Å². The highest BCUT2D eigenvalue weighted by molar-refractivity contribution is 7.89. The lowest BCUT2D eigenvalue weighted by Gasteiger charge is -2.05. The summed E-state index contributed by atoms with van der Waals surface area (Å²) in [5, 5.41) is 3.73. The molecular formula is C19H18N2O6S. The van der Waals surface area contributed by atoms with Gasteiger partial charge < -0.3 is 13.7 Å². The Morgan fingerprint density at radius 2 is 2.04 bits per heavy atom. The van der Waals surface area contributed by atoms with Crippen molar-refractivity contribution >= 4 is 22.1 Å². The van der Waals surface area contributed by atoms with Crippen LogP contribution in [0.15, 0.2) is 68.6 Å². The summed E-state index contributed by atoms with van der Waals surface area (Å²) in [6.07, 6.45) is 4.26. The van der Waals surface area contributed by atoms with Crippen LogP contribution in [0.2, 0.25) is 0 Å². The SMILES string of the molecule is Cc1cc(COC(=O)/C=C/c2ccc(S(=O)(=O)NCc3ccco3)cc2)no1. The van der Waals surface area contributed by atoms with Crippen LogP contribution in [0.1, 0.15) is 22.8 Å². The van der Waals surface area contributed by atoms with E-state index in [2.05, 4.69) is 9.88 Å². The van der Waals surface area contributed by atoms with Crippen LogP contribution in [0, 0.1) is 6.92 Å². The standard InChI is InChI=1S/C19H18N2O6S/c1-14-11-16(21-27-14)13-26-19(22)9-6-15-4-7-18(8-5-15)28(23,24)20-12-17-3-2-10-25-17/h2-11,20H,12-13H2,1H3/b9-6+. The number of aryl methyl sites for hydroxylation is 1. The summed E-state index contributed by atoms with van der Waals surface area (Å²) in [7, 11) is -3.66. The van der Waals surface area contributed by atoms with Crippen LogP contribution in [-0.4, -0.2) is 19.5 Å². The molecule has 1 N–H and O–H groups in total. The van der Waals surface area contributed by atoms with Crippen LogP contribution in [0.25, 0.3) is 6.08 Å². The summed E-state index contributed by atoms with van der Waals surface area (Å²) in [6, 6.07) is 11.1. The smallest absolute Gasteiger partial charge is 0.331 e. The number of ether oxygens (including phenoxy) is 1. The summed E-state index contributed by atoms with van der Waals surface area (Å²) >= 11 is 0. The Hall–Kier alpha value is -3.17. The number of aromatic nitrogens is 1. The van der Waals surface area contributed by atoms with Gasteiger partial charge in [0.15, 0.2) is 0 Å². The van der Waals surface area contributed by atoms with Crippen LogP contribution < -0.4 is 4.72 Å². The molecule has 8 nitrogen and oxygen atoms in total. The van der Waals surface area contributed by atoms with Crippen molar-refractivity contribution in [2.45, 2.75) is 25.0 Å². The van der Waals surface area contributed by atoms with Gasteiger partial charge in [0.2, 0.25) is 10.0 Å². The summed E-state index contributed by atoms with van der Waals surface area (Å²) in [6.45, 7) is 1.82. The topological polar surface area (TPSA) is 112 Å². The molecule has 0 aliphatic rings. The number of esters is 1. The van der Waals surface area contributed by atoms with E-state index >= 15 is 0 Å². The predicted octanol–water partition coefficient (Wildman–Crippen LogP) is 2.81. The summed E-state index contributed by atoms with van der Waals surface area (Å²) < 4.78 is 42.0. The highest BCUT2D eigenvalue weighted by Crippen LogP contribution is 2.13. The molecule has 3 rings (SSSR count). The van der Waals surface area contributed by atoms with E-state index in [4.69, 9.17) is 13.7 Å². The van der Waals surface area contributed by atoms with Gasteiger partial charge in [-0.15, -0.1) is 0 Å². The molecule has 0 atom stereocenters. The molecule has 9 heteroatoms. The average molecular weight is 402 g/mol. The van der Waals surface area contributed by atoms with Crippen molar-refractivity contribution < 1.29 is 26.9 Å². The quantitative estimate of drug-likeness (QED) is 0.455. The van der Waals surface area contributed by atoms with E-state index in [1.54, 1.807) is 37.3 Å². The lowest BCUT2D eigenvalue weighted by molar-refractivity contribution is -0.139. The first-order valence-electron chi connectivity index (χ1n) is 8.31. The molecule has 0 saturated carbocycles. The highest BCUT2D eigenvalue weighted by atomic mass is 32.2. The van der Waals surface area contributed by atoms with E-state index in [1.165, 1.54) is 30.5 Å². The Kier molecular flexibility index (Phi) is 6.07. The monoisotopic (exact) mass is 402 g/mol. The minimum Gasteiger partial charge on any atom is -0.468 e. The number of sulfonamides is 1. The first kappa shape index (κ1) is 19.6. The minimum atomic E-state index is -3.66. The number of hydrogen-bond donors (Lipinski definition) is 1. The van der Waals surface area contributed by atoms with Crippen LogP contribution in [0.4, 0.5) is 0 Å². The molecule has 1 aromatic carbocycles. The Labute approximate surface area is 161 Å². The van der Waals surface area contributed by atoms with Crippen molar-refractivity contribution in [3.63, 3.8) is 0 Å². The lowest BCUT2D eigenvalue weighted by atomic mass is 10.2. The van der Waals surface area contributed by atoms with E-state index in [1.807, 2.05) is 0 Å². The van der Waals surface area contributed by atoms with Gasteiger partial charge in [0, 0.05) is 12.1 Å². The van der Waals surface area contributed by atoms with Crippen LogP contribution in [-0.2, 0) is 32.7 Å². The van der Waals surface area contributed by atoms with Gasteiger partial charge in [-0.05, 0) is 42.8 Å². The maximum atomic E-state index is 12.3. The third kappa shape index (κ3) is 5.41. The molecule has 0 unspecified atom stereocenters. The van der Waals surface area contributed by atoms with Crippen molar-refractivity contribution in [2.75, 3.05) is 0 Å². The van der Waals surface area contributed by atoms with Crippen molar-refractivity contribution in [1.82, 2.24) is 9.88 Å². The summed E-state index contributed by atoms with van der Waals surface area (Å²) in [5.74, 6) is 0.607. The molecule has 0 saturated heterocycles. The average Bonchev–Trinajstić information content (AvgIpc) is 3.35. The van der Waals surface area contributed by atoms with Gasteiger partial charge in [-0.1, -0.05) is 17.3 Å². The number of nitrogens with zero attached hydrogens (tertiary/aromatic N) is 1. The molecule has 0 spiro atoms. The maximum absolute atomic E-state index is 12.3. The molecule has 0 radical (unpaired) electrons. The summed E-state index contributed by atoms with van der Waals surface area (Å²) in [5.41, 5.74) is 1.18. The molecule has 28 heavy (non-hydrogen) atoms. The Morgan fingerprint density at radius 1 is 1.25 bits per heavy atom. The number of nitrogens with one attached hydrogen (secondary N) is 1. The second-order valence-electron chi connectivity index (χ2n) is 5.84. The van der Waals surface area contributed by atoms with E-state index in [-0.39, 0.29) is 18.0 Å². The third-order valence-electron chi connectivity index (χ3n) is 3.66. The zero-order valence-electron chi connectivity index (χ0n) is 15.0. The number of benzene rings is 1. The van der Waals surface area contributed by atoms with Crippen LogP contribution in [0.5, 0.6) is 0 Å². The molecule has 0 fully saturated rings. The fourth-order valence-corrected chi connectivity index (χ4v) is 3.26. The van der Waals surface area contributed by atoms with Gasteiger partial charge in [-0.3, -0.25) is 0 Å². The van der Waals surface area contributed by atoms with E-state index in [9.17, 15) is 13.2 Å². The highest BCUT2D eigenvalue weighted by Gasteiger charge is 2.14.